The Kier molecular flexibility index (Phi) is 4.91. The van der Waals surface area contributed by atoms with Crippen molar-refractivity contribution in [3.05, 3.63) is 71.1 Å². The summed E-state index contributed by atoms with van der Waals surface area (Å²) in [6, 6.07) is 16.3. The zero-order chi connectivity index (χ0) is 16.9. The summed E-state index contributed by atoms with van der Waals surface area (Å²) in [5.41, 5.74) is 1.81. The summed E-state index contributed by atoms with van der Waals surface area (Å²) in [7, 11) is 0. The number of carboxylic acids is 1. The van der Waals surface area contributed by atoms with Gasteiger partial charge in [-0.3, -0.25) is 4.79 Å². The molecule has 0 aliphatic heterocycles. The lowest BCUT2D eigenvalue weighted by atomic mass is 10.1. The second kappa shape index (κ2) is 7.27. The lowest BCUT2D eigenvalue weighted by Crippen LogP contribution is -2.43. The summed E-state index contributed by atoms with van der Waals surface area (Å²) in [6.45, 7) is 0. The van der Waals surface area contributed by atoms with Crippen LogP contribution in [0.3, 0.4) is 0 Å². The predicted molar refractivity (Wildman–Crippen MR) is 95.2 cm³/mol. The molecule has 1 amide bonds. The highest BCUT2D eigenvalue weighted by atomic mass is 32.1. The number of aliphatic carboxylic acids is 1. The van der Waals surface area contributed by atoms with E-state index in [0.29, 0.717) is 0 Å². The summed E-state index contributed by atoms with van der Waals surface area (Å²) in [5.74, 6) is -1.30. The van der Waals surface area contributed by atoms with Crippen LogP contribution in [-0.4, -0.2) is 23.0 Å². The van der Waals surface area contributed by atoms with E-state index in [1.54, 1.807) is 11.3 Å². The fraction of sp³-hybridized carbons (Fsp3) is 0.158. The fourth-order valence-corrected chi connectivity index (χ4v) is 3.60. The van der Waals surface area contributed by atoms with Crippen molar-refractivity contribution in [3.63, 3.8) is 0 Å². The minimum absolute atomic E-state index is 0.183. The van der Waals surface area contributed by atoms with Crippen molar-refractivity contribution in [2.45, 2.75) is 18.9 Å². The minimum atomic E-state index is -1.03. The van der Waals surface area contributed by atoms with Gasteiger partial charge in [0.25, 0.3) is 0 Å². The van der Waals surface area contributed by atoms with Crippen molar-refractivity contribution in [3.8, 4) is 0 Å². The first kappa shape index (κ1) is 16.2. The van der Waals surface area contributed by atoms with E-state index in [1.807, 2.05) is 60.0 Å². The summed E-state index contributed by atoms with van der Waals surface area (Å²) in [6.07, 6.45) is 0.453. The Labute approximate surface area is 143 Å². The first-order valence-corrected chi connectivity index (χ1v) is 8.52. The Morgan fingerprint density at radius 2 is 1.75 bits per heavy atom. The highest BCUT2D eigenvalue weighted by Crippen LogP contribution is 2.25. The normalized spacial score (nSPS) is 12.0. The van der Waals surface area contributed by atoms with Gasteiger partial charge < -0.3 is 10.4 Å². The molecule has 1 aromatic heterocycles. The number of nitrogens with one attached hydrogen (secondary N) is 1. The van der Waals surface area contributed by atoms with Crippen LogP contribution in [0.4, 0.5) is 0 Å². The van der Waals surface area contributed by atoms with Crippen LogP contribution in [0.5, 0.6) is 0 Å². The largest absolute Gasteiger partial charge is 0.480 e. The van der Waals surface area contributed by atoms with Gasteiger partial charge in [0.15, 0.2) is 0 Å². The maximum Gasteiger partial charge on any atom is 0.326 e. The van der Waals surface area contributed by atoms with Crippen molar-refractivity contribution in [2.24, 2.45) is 0 Å². The van der Waals surface area contributed by atoms with E-state index in [9.17, 15) is 14.7 Å². The first-order chi connectivity index (χ1) is 11.6. The maximum atomic E-state index is 12.3. The monoisotopic (exact) mass is 339 g/mol. The van der Waals surface area contributed by atoms with Gasteiger partial charge in [-0.25, -0.2) is 4.79 Å². The highest BCUT2D eigenvalue weighted by Gasteiger charge is 2.21. The van der Waals surface area contributed by atoms with Gasteiger partial charge in [0, 0.05) is 11.1 Å². The van der Waals surface area contributed by atoms with Crippen LogP contribution in [0.2, 0.25) is 0 Å². The van der Waals surface area contributed by atoms with Crippen molar-refractivity contribution < 1.29 is 14.7 Å². The van der Waals surface area contributed by atoms with Gasteiger partial charge >= 0.3 is 5.97 Å². The number of fused-ring (bicyclic) bond motifs is 1. The highest BCUT2D eigenvalue weighted by molar-refractivity contribution is 7.17. The number of hydrogen-bond donors (Lipinski definition) is 2. The molecule has 0 aliphatic carbocycles. The molecule has 2 N–H and O–H groups in total. The molecule has 0 radical (unpaired) electrons. The van der Waals surface area contributed by atoms with Crippen molar-refractivity contribution >= 4 is 33.3 Å². The molecule has 1 heterocycles. The van der Waals surface area contributed by atoms with Crippen molar-refractivity contribution in [1.82, 2.24) is 5.32 Å². The number of benzene rings is 2. The molecule has 0 bridgehead atoms. The molecule has 0 saturated heterocycles. The van der Waals surface area contributed by atoms with Crippen LogP contribution in [0.1, 0.15) is 11.1 Å². The molecule has 122 valence electrons. The lowest BCUT2D eigenvalue weighted by molar-refractivity contribution is -0.141. The summed E-state index contributed by atoms with van der Waals surface area (Å²) >= 11 is 1.59. The molecule has 0 spiro atoms. The maximum absolute atomic E-state index is 12.3. The van der Waals surface area contributed by atoms with E-state index < -0.39 is 12.0 Å². The molecule has 1 atom stereocenters. The van der Waals surface area contributed by atoms with Crippen LogP contribution >= 0.6 is 11.3 Å². The molecule has 0 saturated carbocycles. The van der Waals surface area contributed by atoms with Gasteiger partial charge in [-0.2, -0.15) is 0 Å². The molecular weight excluding hydrogens is 322 g/mol. The van der Waals surface area contributed by atoms with E-state index in [4.69, 9.17) is 0 Å². The van der Waals surface area contributed by atoms with Gasteiger partial charge in [-0.15, -0.1) is 11.3 Å². The lowest BCUT2D eigenvalue weighted by Gasteiger charge is -2.14. The molecule has 2 aromatic carbocycles. The first-order valence-electron chi connectivity index (χ1n) is 7.64. The Bertz CT molecular complexity index is 857. The van der Waals surface area contributed by atoms with Gasteiger partial charge in [-0.05, 0) is 28.0 Å². The van der Waals surface area contributed by atoms with Crippen LogP contribution in [-0.2, 0) is 22.4 Å². The quantitative estimate of drug-likeness (QED) is 0.724. The van der Waals surface area contributed by atoms with E-state index in [2.05, 4.69) is 5.32 Å². The van der Waals surface area contributed by atoms with Crippen LogP contribution < -0.4 is 5.32 Å². The van der Waals surface area contributed by atoms with Crippen molar-refractivity contribution in [1.29, 1.82) is 0 Å². The zero-order valence-electron chi connectivity index (χ0n) is 12.9. The predicted octanol–water partition coefficient (Wildman–Crippen LogP) is 3.26. The van der Waals surface area contributed by atoms with Gasteiger partial charge in [0.2, 0.25) is 5.91 Å². The zero-order valence-corrected chi connectivity index (χ0v) is 13.8. The SMILES string of the molecule is O=C(Cc1csc2ccccc12)NC(Cc1ccccc1)C(=O)O. The van der Waals surface area contributed by atoms with E-state index >= 15 is 0 Å². The molecule has 3 aromatic rings. The number of hydrogen-bond acceptors (Lipinski definition) is 3. The second-order valence-electron chi connectivity index (χ2n) is 5.58. The Morgan fingerprint density at radius 3 is 2.50 bits per heavy atom. The third kappa shape index (κ3) is 3.81. The Morgan fingerprint density at radius 1 is 1.04 bits per heavy atom. The van der Waals surface area contributed by atoms with Gasteiger partial charge in [0.1, 0.15) is 6.04 Å². The average Bonchev–Trinajstić information content (AvgIpc) is 2.98. The number of carbonyl (C=O) groups is 2. The van der Waals surface area contributed by atoms with Crippen LogP contribution in [0.15, 0.2) is 60.0 Å². The summed E-state index contributed by atoms with van der Waals surface area (Å²) in [4.78, 5) is 23.7. The topological polar surface area (TPSA) is 66.4 Å². The summed E-state index contributed by atoms with van der Waals surface area (Å²) < 4.78 is 1.12. The third-order valence-electron chi connectivity index (χ3n) is 3.83. The molecule has 24 heavy (non-hydrogen) atoms. The van der Waals surface area contributed by atoms with E-state index in [-0.39, 0.29) is 18.7 Å². The average molecular weight is 339 g/mol. The fourth-order valence-electron chi connectivity index (χ4n) is 2.64. The number of carboxylic acid groups (broad SMARTS) is 1. The molecule has 1 unspecified atom stereocenters. The van der Waals surface area contributed by atoms with Gasteiger partial charge in [0.05, 0.1) is 6.42 Å². The van der Waals surface area contributed by atoms with Crippen LogP contribution in [0.25, 0.3) is 10.1 Å². The molecular formula is C19H17NO3S. The number of carbonyl (C=O) groups excluding carboxylic acids is 1. The minimum Gasteiger partial charge on any atom is -0.480 e. The summed E-state index contributed by atoms with van der Waals surface area (Å²) in [5, 5.41) is 15.0. The van der Waals surface area contributed by atoms with Crippen LogP contribution in [0, 0.1) is 0 Å². The number of amides is 1. The van der Waals surface area contributed by atoms with Crippen molar-refractivity contribution in [2.75, 3.05) is 0 Å². The molecule has 4 nitrogen and oxygen atoms in total. The van der Waals surface area contributed by atoms with Gasteiger partial charge in [-0.1, -0.05) is 48.5 Å². The molecule has 0 fully saturated rings. The molecule has 0 aliphatic rings. The Balaban J connectivity index is 1.68. The number of rotatable bonds is 6. The second-order valence-corrected chi connectivity index (χ2v) is 6.49. The molecule has 5 heteroatoms. The number of thiophene rings is 1. The third-order valence-corrected chi connectivity index (χ3v) is 4.84. The van der Waals surface area contributed by atoms with E-state index in [0.717, 1.165) is 21.2 Å². The smallest absolute Gasteiger partial charge is 0.326 e. The Hall–Kier alpha value is -2.66. The van der Waals surface area contributed by atoms with E-state index in [1.165, 1.54) is 0 Å². The molecule has 3 rings (SSSR count). The standard InChI is InChI=1S/C19H17NO3S/c21-18(11-14-12-24-17-9-5-4-8-15(14)17)20-16(19(22)23)10-13-6-2-1-3-7-13/h1-9,12,16H,10-11H2,(H,20,21)(H,22,23).